The van der Waals surface area contributed by atoms with E-state index >= 15 is 0 Å². The Morgan fingerprint density at radius 1 is 1.55 bits per heavy atom. The summed E-state index contributed by atoms with van der Waals surface area (Å²) in [5.41, 5.74) is 1.85. The molecule has 1 aromatic rings. The van der Waals surface area contributed by atoms with Gasteiger partial charge >= 0.3 is 0 Å². The number of carbonyl (C=O) groups is 2. The van der Waals surface area contributed by atoms with Crippen LogP contribution in [0.4, 0.5) is 5.69 Å². The number of rotatable bonds is 3. The van der Waals surface area contributed by atoms with Crippen molar-refractivity contribution in [1.29, 1.82) is 0 Å². The number of halogens is 2. The van der Waals surface area contributed by atoms with E-state index in [0.717, 1.165) is 15.7 Å². The highest BCUT2D eigenvalue weighted by Gasteiger charge is 2.32. The number of hydrogen-bond donors (Lipinski definition) is 0. The molecule has 1 aromatic carbocycles. The summed E-state index contributed by atoms with van der Waals surface area (Å²) >= 11 is 10.8. The first kappa shape index (κ1) is 15.9. The van der Waals surface area contributed by atoms with Crippen molar-refractivity contribution in [3.63, 3.8) is 0 Å². The van der Waals surface area contributed by atoms with Crippen LogP contribution in [0, 0.1) is 12.8 Å². The number of amides is 1. The Bertz CT molecular complexity index is 541. The SMILES string of the molecule is CC(=O)SCC1CC(=O)N(c2c(C)cc(Cl)cc2Br)C1. The molecule has 1 atom stereocenters. The first-order valence-corrected chi connectivity index (χ1v) is 8.43. The first-order valence-electron chi connectivity index (χ1n) is 6.28. The Hall–Kier alpha value is -0.520. The fourth-order valence-electron chi connectivity index (χ4n) is 2.38. The molecule has 0 bridgehead atoms. The van der Waals surface area contributed by atoms with Crippen LogP contribution in [-0.2, 0) is 9.59 Å². The van der Waals surface area contributed by atoms with Gasteiger partial charge in [0, 0.05) is 35.1 Å². The van der Waals surface area contributed by atoms with Crippen molar-refractivity contribution in [3.05, 3.63) is 27.2 Å². The minimum atomic E-state index is 0.0970. The van der Waals surface area contributed by atoms with Gasteiger partial charge in [-0.2, -0.15) is 0 Å². The van der Waals surface area contributed by atoms with Crippen LogP contribution in [0.2, 0.25) is 5.02 Å². The Morgan fingerprint density at radius 2 is 2.25 bits per heavy atom. The lowest BCUT2D eigenvalue weighted by Crippen LogP contribution is -2.26. The molecule has 0 spiro atoms. The number of nitrogens with zero attached hydrogens (tertiary/aromatic N) is 1. The summed E-state index contributed by atoms with van der Waals surface area (Å²) in [4.78, 5) is 25.0. The molecule has 1 heterocycles. The summed E-state index contributed by atoms with van der Waals surface area (Å²) in [6.07, 6.45) is 0.495. The van der Waals surface area contributed by atoms with Gasteiger partial charge < -0.3 is 4.90 Å². The van der Waals surface area contributed by atoms with Gasteiger partial charge in [-0.15, -0.1) is 0 Å². The van der Waals surface area contributed by atoms with Crippen LogP contribution >= 0.6 is 39.3 Å². The standard InChI is InChI=1S/C14H15BrClNO2S/c1-8-3-11(16)5-12(15)14(8)17-6-10(4-13(17)19)7-20-9(2)18/h3,5,10H,4,6-7H2,1-2H3. The predicted molar refractivity (Wildman–Crippen MR) is 87.5 cm³/mol. The molecular weight excluding hydrogens is 362 g/mol. The zero-order chi connectivity index (χ0) is 14.9. The molecule has 3 nitrogen and oxygen atoms in total. The van der Waals surface area contributed by atoms with E-state index in [0.29, 0.717) is 23.7 Å². The summed E-state index contributed by atoms with van der Waals surface area (Å²) < 4.78 is 0.829. The average molecular weight is 377 g/mol. The van der Waals surface area contributed by atoms with Crippen molar-refractivity contribution in [2.24, 2.45) is 5.92 Å². The molecule has 0 N–H and O–H groups in total. The van der Waals surface area contributed by atoms with Crippen LogP contribution in [0.15, 0.2) is 16.6 Å². The molecule has 0 radical (unpaired) electrons. The van der Waals surface area contributed by atoms with E-state index in [1.54, 1.807) is 17.9 Å². The van der Waals surface area contributed by atoms with Gasteiger partial charge in [-0.3, -0.25) is 9.59 Å². The predicted octanol–water partition coefficient (Wildman–Crippen LogP) is 4.04. The van der Waals surface area contributed by atoms with Gasteiger partial charge in [0.2, 0.25) is 5.91 Å². The lowest BCUT2D eigenvalue weighted by Gasteiger charge is -2.21. The summed E-state index contributed by atoms with van der Waals surface area (Å²) in [7, 11) is 0. The topological polar surface area (TPSA) is 37.4 Å². The van der Waals surface area contributed by atoms with Gasteiger partial charge in [0.05, 0.1) is 5.69 Å². The van der Waals surface area contributed by atoms with Crippen LogP contribution < -0.4 is 4.90 Å². The van der Waals surface area contributed by atoms with Crippen LogP contribution in [0.3, 0.4) is 0 Å². The van der Waals surface area contributed by atoms with E-state index in [9.17, 15) is 9.59 Å². The zero-order valence-electron chi connectivity index (χ0n) is 11.3. The highest BCUT2D eigenvalue weighted by atomic mass is 79.9. The summed E-state index contributed by atoms with van der Waals surface area (Å²) in [5.74, 6) is 1.02. The average Bonchev–Trinajstić information content (AvgIpc) is 2.67. The summed E-state index contributed by atoms with van der Waals surface area (Å²) in [6, 6.07) is 3.65. The molecule has 1 amide bonds. The number of carbonyl (C=O) groups excluding carboxylic acids is 2. The van der Waals surface area contributed by atoms with Gasteiger partial charge in [0.1, 0.15) is 0 Å². The van der Waals surface area contributed by atoms with Crippen molar-refractivity contribution in [3.8, 4) is 0 Å². The maximum absolute atomic E-state index is 12.2. The van der Waals surface area contributed by atoms with Crippen molar-refractivity contribution in [1.82, 2.24) is 0 Å². The van der Waals surface area contributed by atoms with Crippen molar-refractivity contribution in [2.45, 2.75) is 20.3 Å². The molecule has 0 aromatic heterocycles. The highest BCUT2D eigenvalue weighted by molar-refractivity contribution is 9.10. The monoisotopic (exact) mass is 375 g/mol. The fraction of sp³-hybridized carbons (Fsp3) is 0.429. The molecule has 6 heteroatoms. The second-order valence-electron chi connectivity index (χ2n) is 4.93. The smallest absolute Gasteiger partial charge is 0.227 e. The first-order chi connectivity index (χ1) is 9.38. The van der Waals surface area contributed by atoms with E-state index in [1.807, 2.05) is 13.0 Å². The second kappa shape index (κ2) is 6.50. The molecule has 1 saturated heterocycles. The molecule has 1 unspecified atom stereocenters. The Labute approximate surface area is 136 Å². The normalized spacial score (nSPS) is 18.7. The molecular formula is C14H15BrClNO2S. The number of thioether (sulfide) groups is 1. The minimum Gasteiger partial charge on any atom is -0.311 e. The Balaban J connectivity index is 2.18. The lowest BCUT2D eigenvalue weighted by atomic mass is 10.1. The fourth-order valence-corrected chi connectivity index (χ4v) is 4.25. The van der Waals surface area contributed by atoms with Crippen molar-refractivity contribution in [2.75, 3.05) is 17.2 Å². The van der Waals surface area contributed by atoms with E-state index < -0.39 is 0 Å². The molecule has 1 fully saturated rings. The Morgan fingerprint density at radius 3 is 2.85 bits per heavy atom. The third-order valence-electron chi connectivity index (χ3n) is 3.22. The molecule has 1 aliphatic heterocycles. The third kappa shape index (κ3) is 3.57. The molecule has 0 aliphatic carbocycles. The quantitative estimate of drug-likeness (QED) is 0.799. The van der Waals surface area contributed by atoms with E-state index in [1.165, 1.54) is 11.8 Å². The Kier molecular flexibility index (Phi) is 5.15. The molecule has 0 saturated carbocycles. The summed E-state index contributed by atoms with van der Waals surface area (Å²) in [5, 5.41) is 0.744. The molecule has 20 heavy (non-hydrogen) atoms. The van der Waals surface area contributed by atoms with Gasteiger partial charge in [-0.1, -0.05) is 23.4 Å². The lowest BCUT2D eigenvalue weighted by molar-refractivity contribution is -0.117. The van der Waals surface area contributed by atoms with Gasteiger partial charge in [-0.25, -0.2) is 0 Å². The maximum atomic E-state index is 12.2. The maximum Gasteiger partial charge on any atom is 0.227 e. The summed E-state index contributed by atoms with van der Waals surface area (Å²) in [6.45, 7) is 4.15. The van der Waals surface area contributed by atoms with Crippen LogP contribution in [0.25, 0.3) is 0 Å². The van der Waals surface area contributed by atoms with Gasteiger partial charge in [0.25, 0.3) is 0 Å². The van der Waals surface area contributed by atoms with Gasteiger partial charge in [0.15, 0.2) is 5.12 Å². The van der Waals surface area contributed by atoms with Gasteiger partial charge in [-0.05, 0) is 46.5 Å². The zero-order valence-corrected chi connectivity index (χ0v) is 14.4. The van der Waals surface area contributed by atoms with Crippen LogP contribution in [0.5, 0.6) is 0 Å². The minimum absolute atomic E-state index is 0.0970. The number of hydrogen-bond acceptors (Lipinski definition) is 3. The van der Waals surface area contributed by atoms with Crippen LogP contribution in [0.1, 0.15) is 18.9 Å². The number of benzene rings is 1. The third-order valence-corrected chi connectivity index (χ3v) is 5.08. The number of aryl methyl sites for hydroxylation is 1. The van der Waals surface area contributed by atoms with E-state index in [4.69, 9.17) is 11.6 Å². The van der Waals surface area contributed by atoms with Crippen LogP contribution in [-0.4, -0.2) is 23.3 Å². The van der Waals surface area contributed by atoms with Crippen molar-refractivity contribution >= 4 is 56.0 Å². The van der Waals surface area contributed by atoms with E-state index in [-0.39, 0.29) is 16.9 Å². The number of anilines is 1. The molecule has 2 rings (SSSR count). The molecule has 108 valence electrons. The largest absolute Gasteiger partial charge is 0.311 e. The highest BCUT2D eigenvalue weighted by Crippen LogP contribution is 2.37. The molecule has 1 aliphatic rings. The van der Waals surface area contributed by atoms with Crippen molar-refractivity contribution < 1.29 is 9.59 Å². The second-order valence-corrected chi connectivity index (χ2v) is 7.42. The van der Waals surface area contributed by atoms with E-state index in [2.05, 4.69) is 15.9 Å².